The molecule has 2 rings (SSSR count). The van der Waals surface area contributed by atoms with Gasteiger partial charge in [0, 0.05) is 6.42 Å². The van der Waals surface area contributed by atoms with E-state index in [0.29, 0.717) is 0 Å². The Morgan fingerprint density at radius 1 is 1.20 bits per heavy atom. The van der Waals surface area contributed by atoms with Crippen molar-refractivity contribution >= 4 is 15.8 Å². The molecular formula is C10H11NO3S. The molecule has 0 saturated carbocycles. The summed E-state index contributed by atoms with van der Waals surface area (Å²) in [5.41, 5.74) is 0.828. The number of sulfonamides is 1. The second-order valence-corrected chi connectivity index (χ2v) is 5.34. The molecule has 1 saturated heterocycles. The van der Waals surface area contributed by atoms with Gasteiger partial charge in [0.05, 0.1) is 6.04 Å². The number of rotatable bonds is 1. The standard InChI is InChI=1S/C10H11NO3S/c12-9-6-10(11-15(13,14)7-9)8-4-2-1-3-5-8/h1-5,10-11H,6-7H2. The van der Waals surface area contributed by atoms with E-state index in [4.69, 9.17) is 0 Å². The van der Waals surface area contributed by atoms with Crippen LogP contribution in [0.25, 0.3) is 0 Å². The molecular weight excluding hydrogens is 214 g/mol. The fourth-order valence-corrected chi connectivity index (χ4v) is 2.95. The number of hydrogen-bond acceptors (Lipinski definition) is 3. The first-order valence-electron chi connectivity index (χ1n) is 4.63. The van der Waals surface area contributed by atoms with Gasteiger partial charge in [-0.15, -0.1) is 0 Å². The third-order valence-corrected chi connectivity index (χ3v) is 3.65. The zero-order valence-corrected chi connectivity index (χ0v) is 8.83. The second-order valence-electron chi connectivity index (χ2n) is 3.58. The zero-order valence-electron chi connectivity index (χ0n) is 8.01. The van der Waals surface area contributed by atoms with Gasteiger partial charge in [0.1, 0.15) is 5.75 Å². The fourth-order valence-electron chi connectivity index (χ4n) is 1.67. The van der Waals surface area contributed by atoms with Crippen LogP contribution in [0.5, 0.6) is 0 Å². The lowest BCUT2D eigenvalue weighted by atomic mass is 10.0. The van der Waals surface area contributed by atoms with E-state index in [0.717, 1.165) is 5.56 Å². The Hall–Kier alpha value is -1.20. The molecule has 1 fully saturated rings. The number of carbonyl (C=O) groups is 1. The van der Waals surface area contributed by atoms with Gasteiger partial charge in [-0.2, -0.15) is 0 Å². The number of ketones is 1. The van der Waals surface area contributed by atoms with Crippen LogP contribution in [0.4, 0.5) is 0 Å². The summed E-state index contributed by atoms with van der Waals surface area (Å²) < 4.78 is 25.1. The molecule has 1 aromatic carbocycles. The van der Waals surface area contributed by atoms with Crippen molar-refractivity contribution in [1.82, 2.24) is 4.72 Å². The highest BCUT2D eigenvalue weighted by atomic mass is 32.2. The summed E-state index contributed by atoms with van der Waals surface area (Å²) in [5.74, 6) is -0.626. The molecule has 0 aliphatic carbocycles. The van der Waals surface area contributed by atoms with E-state index < -0.39 is 21.8 Å². The molecule has 0 amide bonds. The van der Waals surface area contributed by atoms with Crippen molar-refractivity contribution in [2.24, 2.45) is 0 Å². The highest BCUT2D eigenvalue weighted by Gasteiger charge is 2.30. The fraction of sp³-hybridized carbons (Fsp3) is 0.300. The van der Waals surface area contributed by atoms with Crippen molar-refractivity contribution in [3.63, 3.8) is 0 Å². The summed E-state index contributed by atoms with van der Waals surface area (Å²) in [6.07, 6.45) is 0.239. The van der Waals surface area contributed by atoms with Gasteiger partial charge < -0.3 is 0 Å². The first kappa shape index (κ1) is 10.3. The Bertz CT molecular complexity index is 467. The summed E-state index contributed by atoms with van der Waals surface area (Å²) in [4.78, 5) is 11.2. The van der Waals surface area contributed by atoms with Crippen LogP contribution >= 0.6 is 0 Å². The van der Waals surface area contributed by atoms with Crippen molar-refractivity contribution < 1.29 is 13.2 Å². The predicted molar refractivity (Wildman–Crippen MR) is 55.7 cm³/mol. The highest BCUT2D eigenvalue weighted by molar-refractivity contribution is 7.90. The van der Waals surface area contributed by atoms with E-state index >= 15 is 0 Å². The molecule has 80 valence electrons. The first-order valence-corrected chi connectivity index (χ1v) is 6.29. The van der Waals surface area contributed by atoms with Crippen LogP contribution in [-0.2, 0) is 14.8 Å². The Morgan fingerprint density at radius 2 is 1.87 bits per heavy atom. The zero-order chi connectivity index (χ0) is 10.9. The van der Waals surface area contributed by atoms with Crippen molar-refractivity contribution in [3.05, 3.63) is 35.9 Å². The number of Topliss-reactive ketones (excluding diaryl/α,β-unsaturated/α-hetero) is 1. The van der Waals surface area contributed by atoms with Crippen LogP contribution < -0.4 is 4.72 Å². The van der Waals surface area contributed by atoms with Gasteiger partial charge in [0.15, 0.2) is 5.78 Å². The highest BCUT2D eigenvalue weighted by Crippen LogP contribution is 2.21. The Balaban J connectivity index is 2.28. The second kappa shape index (κ2) is 3.75. The summed E-state index contributed by atoms with van der Waals surface area (Å²) >= 11 is 0. The molecule has 1 N–H and O–H groups in total. The minimum absolute atomic E-state index is 0.234. The van der Waals surface area contributed by atoms with E-state index in [9.17, 15) is 13.2 Å². The molecule has 1 unspecified atom stereocenters. The van der Waals surface area contributed by atoms with Gasteiger partial charge in [0.25, 0.3) is 0 Å². The molecule has 1 heterocycles. The Kier molecular flexibility index (Phi) is 2.58. The average Bonchev–Trinajstić information content (AvgIpc) is 2.16. The lowest BCUT2D eigenvalue weighted by molar-refractivity contribution is -0.117. The monoisotopic (exact) mass is 225 g/mol. The normalized spacial score (nSPS) is 25.1. The molecule has 4 nitrogen and oxygen atoms in total. The number of benzene rings is 1. The topological polar surface area (TPSA) is 63.2 Å². The lowest BCUT2D eigenvalue weighted by Crippen LogP contribution is -2.40. The van der Waals surface area contributed by atoms with Crippen LogP contribution in [0.15, 0.2) is 30.3 Å². The van der Waals surface area contributed by atoms with Crippen molar-refractivity contribution in [2.75, 3.05) is 5.75 Å². The van der Waals surface area contributed by atoms with Gasteiger partial charge in [-0.05, 0) is 5.56 Å². The van der Waals surface area contributed by atoms with E-state index in [1.54, 1.807) is 0 Å². The van der Waals surface area contributed by atoms with Crippen molar-refractivity contribution in [1.29, 1.82) is 0 Å². The third-order valence-electron chi connectivity index (χ3n) is 2.31. The van der Waals surface area contributed by atoms with Crippen LogP contribution in [0, 0.1) is 0 Å². The minimum atomic E-state index is -3.43. The molecule has 15 heavy (non-hydrogen) atoms. The largest absolute Gasteiger partial charge is 0.298 e. The number of carbonyl (C=O) groups excluding carboxylic acids is 1. The summed E-state index contributed by atoms with van der Waals surface area (Å²) in [5, 5.41) is 0. The van der Waals surface area contributed by atoms with Gasteiger partial charge in [-0.3, -0.25) is 4.79 Å². The van der Waals surface area contributed by atoms with Gasteiger partial charge in [-0.25, -0.2) is 13.1 Å². The van der Waals surface area contributed by atoms with Crippen LogP contribution in [0.2, 0.25) is 0 Å². The van der Waals surface area contributed by atoms with Gasteiger partial charge in [-0.1, -0.05) is 30.3 Å². The Labute approximate surface area is 88.4 Å². The third kappa shape index (κ3) is 2.43. The Morgan fingerprint density at radius 3 is 2.47 bits per heavy atom. The first-order chi connectivity index (χ1) is 7.07. The van der Waals surface area contributed by atoms with Crippen molar-refractivity contribution in [3.8, 4) is 0 Å². The summed E-state index contributed by atoms with van der Waals surface area (Å²) in [6, 6.07) is 8.71. The van der Waals surface area contributed by atoms with E-state index in [-0.39, 0.29) is 12.2 Å². The average molecular weight is 225 g/mol. The van der Waals surface area contributed by atoms with Crippen LogP contribution in [0.1, 0.15) is 18.0 Å². The molecule has 1 aliphatic heterocycles. The van der Waals surface area contributed by atoms with E-state index in [1.807, 2.05) is 30.3 Å². The predicted octanol–water partition coefficient (Wildman–Crippen LogP) is 0.620. The van der Waals surface area contributed by atoms with E-state index in [2.05, 4.69) is 4.72 Å². The molecule has 1 atom stereocenters. The quantitative estimate of drug-likeness (QED) is 0.762. The van der Waals surface area contributed by atoms with Gasteiger partial charge >= 0.3 is 0 Å². The maximum atomic E-state index is 11.3. The molecule has 1 aliphatic rings. The number of hydrogen-bond donors (Lipinski definition) is 1. The summed E-state index contributed by atoms with van der Waals surface area (Å²) in [6.45, 7) is 0. The molecule has 1 aromatic rings. The minimum Gasteiger partial charge on any atom is -0.298 e. The molecule has 5 heteroatoms. The maximum Gasteiger partial charge on any atom is 0.219 e. The molecule has 0 spiro atoms. The van der Waals surface area contributed by atoms with E-state index in [1.165, 1.54) is 0 Å². The molecule has 0 bridgehead atoms. The van der Waals surface area contributed by atoms with Gasteiger partial charge in [0.2, 0.25) is 10.0 Å². The maximum absolute atomic E-state index is 11.3. The SMILES string of the molecule is O=C1CC(c2ccccc2)NS(=O)(=O)C1. The lowest BCUT2D eigenvalue weighted by Gasteiger charge is -2.22. The summed E-state index contributed by atoms with van der Waals surface area (Å²) in [7, 11) is -3.43. The number of nitrogens with one attached hydrogen (secondary N) is 1. The molecule has 0 radical (unpaired) electrons. The smallest absolute Gasteiger partial charge is 0.219 e. The van der Waals surface area contributed by atoms with Crippen LogP contribution in [0.3, 0.4) is 0 Å². The molecule has 0 aromatic heterocycles. The van der Waals surface area contributed by atoms with Crippen molar-refractivity contribution in [2.45, 2.75) is 12.5 Å². The van der Waals surface area contributed by atoms with Crippen LogP contribution in [-0.4, -0.2) is 20.0 Å².